The van der Waals surface area contributed by atoms with Gasteiger partial charge in [-0.2, -0.15) is 0 Å². The standard InChI is InChI=1S/C22H21NO2/c24-22-17(14-25-20-9-2-1-8-19(20)22)13-18-11-10-16-6-3-5-15-7-4-12-23(18)21(15)16/h1-9,11,17,19-20H,10,12-14H2. The minimum Gasteiger partial charge on any atom is -0.372 e. The Labute approximate surface area is 148 Å². The first-order valence-electron chi connectivity index (χ1n) is 9.06. The van der Waals surface area contributed by atoms with Crippen LogP contribution in [-0.2, 0) is 16.0 Å². The highest BCUT2D eigenvalue weighted by atomic mass is 16.5. The molecule has 0 aromatic heterocycles. The molecule has 3 heterocycles. The lowest BCUT2D eigenvalue weighted by Gasteiger charge is -2.38. The molecule has 5 rings (SSSR count). The van der Waals surface area contributed by atoms with Gasteiger partial charge in [-0.05, 0) is 24.0 Å². The van der Waals surface area contributed by atoms with Gasteiger partial charge >= 0.3 is 0 Å². The van der Waals surface area contributed by atoms with Gasteiger partial charge in [0, 0.05) is 18.2 Å². The molecule has 0 amide bonds. The molecule has 126 valence electrons. The van der Waals surface area contributed by atoms with Crippen LogP contribution < -0.4 is 4.90 Å². The number of nitrogens with zero attached hydrogens (tertiary/aromatic N) is 1. The van der Waals surface area contributed by atoms with Crippen molar-refractivity contribution in [2.75, 3.05) is 18.1 Å². The topological polar surface area (TPSA) is 29.5 Å². The fourth-order valence-corrected chi connectivity index (χ4v) is 4.40. The molecule has 3 aliphatic heterocycles. The van der Waals surface area contributed by atoms with Crippen LogP contribution in [0.25, 0.3) is 6.08 Å². The van der Waals surface area contributed by atoms with E-state index in [2.05, 4.69) is 41.3 Å². The summed E-state index contributed by atoms with van der Waals surface area (Å²) in [4.78, 5) is 15.3. The first-order chi connectivity index (χ1) is 12.3. The fourth-order valence-electron chi connectivity index (χ4n) is 4.40. The summed E-state index contributed by atoms with van der Waals surface area (Å²) in [6, 6.07) is 6.50. The van der Waals surface area contributed by atoms with Crippen LogP contribution in [0.3, 0.4) is 0 Å². The SMILES string of the molecule is O=C1C(CC2=CCc3cccc4c3N2CC=C4)COC2C=CC=CC12. The van der Waals surface area contributed by atoms with E-state index in [0.29, 0.717) is 12.4 Å². The van der Waals surface area contributed by atoms with E-state index in [-0.39, 0.29) is 17.9 Å². The zero-order valence-corrected chi connectivity index (χ0v) is 14.1. The van der Waals surface area contributed by atoms with Gasteiger partial charge in [0.05, 0.1) is 24.3 Å². The Hall–Kier alpha value is -2.39. The highest BCUT2D eigenvalue weighted by Crippen LogP contribution is 2.39. The number of benzene rings is 1. The minimum atomic E-state index is -0.114. The maximum Gasteiger partial charge on any atom is 0.148 e. The predicted molar refractivity (Wildman–Crippen MR) is 99.2 cm³/mol. The summed E-state index contributed by atoms with van der Waals surface area (Å²) in [6.45, 7) is 1.40. The summed E-state index contributed by atoms with van der Waals surface area (Å²) in [5.74, 6) is 0.157. The lowest BCUT2D eigenvalue weighted by molar-refractivity contribution is -0.138. The molecule has 0 N–H and O–H groups in total. The molecule has 1 aliphatic carbocycles. The number of para-hydroxylation sites is 1. The summed E-state index contributed by atoms with van der Waals surface area (Å²) >= 11 is 0. The van der Waals surface area contributed by atoms with Crippen LogP contribution in [0.1, 0.15) is 17.5 Å². The average Bonchev–Trinajstić information content (AvgIpc) is 2.66. The Kier molecular flexibility index (Phi) is 3.49. The van der Waals surface area contributed by atoms with Crippen LogP contribution >= 0.6 is 0 Å². The van der Waals surface area contributed by atoms with E-state index >= 15 is 0 Å². The second-order valence-corrected chi connectivity index (χ2v) is 7.16. The molecular formula is C22H21NO2. The molecule has 3 atom stereocenters. The van der Waals surface area contributed by atoms with E-state index in [1.54, 1.807) is 0 Å². The third-order valence-electron chi connectivity index (χ3n) is 5.67. The van der Waals surface area contributed by atoms with Gasteiger partial charge in [0.15, 0.2) is 0 Å². The van der Waals surface area contributed by atoms with Crippen LogP contribution in [-0.4, -0.2) is 25.0 Å². The molecular weight excluding hydrogens is 310 g/mol. The molecule has 25 heavy (non-hydrogen) atoms. The number of carbonyl (C=O) groups is 1. The zero-order valence-electron chi connectivity index (χ0n) is 14.1. The lowest BCUT2D eigenvalue weighted by Crippen LogP contribution is -2.43. The molecule has 1 aromatic carbocycles. The van der Waals surface area contributed by atoms with Gasteiger partial charge in [0.25, 0.3) is 0 Å². The summed E-state index contributed by atoms with van der Waals surface area (Å²) < 4.78 is 5.96. The van der Waals surface area contributed by atoms with Gasteiger partial charge in [0.2, 0.25) is 0 Å². The van der Waals surface area contributed by atoms with Crippen molar-refractivity contribution in [1.82, 2.24) is 0 Å². The van der Waals surface area contributed by atoms with E-state index in [1.807, 2.05) is 24.3 Å². The van der Waals surface area contributed by atoms with Crippen molar-refractivity contribution in [3.8, 4) is 0 Å². The molecule has 0 spiro atoms. The first-order valence-corrected chi connectivity index (χ1v) is 9.06. The average molecular weight is 331 g/mol. The Morgan fingerprint density at radius 1 is 1.20 bits per heavy atom. The summed E-state index contributed by atoms with van der Waals surface area (Å²) in [5.41, 5.74) is 5.24. The molecule has 3 nitrogen and oxygen atoms in total. The molecule has 1 saturated heterocycles. The molecule has 4 aliphatic rings. The van der Waals surface area contributed by atoms with Gasteiger partial charge < -0.3 is 9.64 Å². The molecule has 0 bridgehead atoms. The van der Waals surface area contributed by atoms with Crippen LogP contribution in [0.5, 0.6) is 0 Å². The number of Topliss-reactive ketones (excluding diaryl/α,β-unsaturated/α-hetero) is 1. The predicted octanol–water partition coefficient (Wildman–Crippen LogP) is 3.68. The third kappa shape index (κ3) is 2.42. The maximum atomic E-state index is 12.9. The van der Waals surface area contributed by atoms with Crippen molar-refractivity contribution < 1.29 is 9.53 Å². The maximum absolute atomic E-state index is 12.9. The Morgan fingerprint density at radius 2 is 2.12 bits per heavy atom. The molecule has 3 unspecified atom stereocenters. The number of fused-ring (bicyclic) bond motifs is 1. The Bertz CT molecular complexity index is 846. The van der Waals surface area contributed by atoms with Gasteiger partial charge in [-0.3, -0.25) is 4.79 Å². The van der Waals surface area contributed by atoms with Crippen molar-refractivity contribution in [1.29, 1.82) is 0 Å². The van der Waals surface area contributed by atoms with Crippen LogP contribution in [0.4, 0.5) is 5.69 Å². The molecule has 0 radical (unpaired) electrons. The third-order valence-corrected chi connectivity index (χ3v) is 5.67. The summed E-state index contributed by atoms with van der Waals surface area (Å²) in [7, 11) is 0. The number of ketones is 1. The summed E-state index contributed by atoms with van der Waals surface area (Å²) in [6.07, 6.45) is 16.3. The van der Waals surface area contributed by atoms with Gasteiger partial charge in [-0.25, -0.2) is 0 Å². The number of carbonyl (C=O) groups excluding carboxylic acids is 1. The van der Waals surface area contributed by atoms with Gasteiger partial charge in [-0.15, -0.1) is 0 Å². The summed E-state index contributed by atoms with van der Waals surface area (Å²) in [5, 5.41) is 0. The zero-order chi connectivity index (χ0) is 16.8. The number of ether oxygens (including phenoxy) is 1. The number of allylic oxidation sites excluding steroid dienone is 4. The number of hydrogen-bond acceptors (Lipinski definition) is 3. The number of anilines is 1. The molecule has 1 fully saturated rings. The monoisotopic (exact) mass is 331 g/mol. The van der Waals surface area contributed by atoms with E-state index in [4.69, 9.17) is 4.74 Å². The van der Waals surface area contributed by atoms with Crippen LogP contribution in [0.15, 0.2) is 60.4 Å². The highest BCUT2D eigenvalue weighted by Gasteiger charge is 2.38. The quantitative estimate of drug-likeness (QED) is 0.828. The lowest BCUT2D eigenvalue weighted by atomic mass is 9.81. The second-order valence-electron chi connectivity index (χ2n) is 7.16. The smallest absolute Gasteiger partial charge is 0.148 e. The fraction of sp³-hybridized carbons (Fsp3) is 0.318. The highest BCUT2D eigenvalue weighted by molar-refractivity contribution is 5.87. The van der Waals surface area contributed by atoms with Crippen molar-refractivity contribution in [3.63, 3.8) is 0 Å². The van der Waals surface area contributed by atoms with Gasteiger partial charge in [0.1, 0.15) is 5.78 Å². The normalized spacial score (nSPS) is 29.3. The Balaban J connectivity index is 1.40. The minimum absolute atomic E-state index is 0.0525. The number of hydrogen-bond donors (Lipinski definition) is 0. The molecule has 1 aromatic rings. The number of rotatable bonds is 2. The van der Waals surface area contributed by atoms with Crippen molar-refractivity contribution in [2.45, 2.75) is 18.9 Å². The van der Waals surface area contributed by atoms with Crippen LogP contribution in [0.2, 0.25) is 0 Å². The van der Waals surface area contributed by atoms with E-state index < -0.39 is 0 Å². The first kappa shape index (κ1) is 14.9. The largest absolute Gasteiger partial charge is 0.372 e. The van der Waals surface area contributed by atoms with Crippen molar-refractivity contribution >= 4 is 17.5 Å². The molecule has 3 heteroatoms. The second kappa shape index (κ2) is 5.85. The van der Waals surface area contributed by atoms with Gasteiger partial charge in [-0.1, -0.05) is 60.7 Å². The van der Waals surface area contributed by atoms with E-state index in [0.717, 1.165) is 19.4 Å². The van der Waals surface area contributed by atoms with Crippen molar-refractivity contribution in [2.24, 2.45) is 11.8 Å². The van der Waals surface area contributed by atoms with Crippen LogP contribution in [0, 0.1) is 11.8 Å². The van der Waals surface area contributed by atoms with E-state index in [1.165, 1.54) is 22.5 Å². The van der Waals surface area contributed by atoms with Crippen molar-refractivity contribution in [3.05, 3.63) is 71.5 Å². The Morgan fingerprint density at radius 3 is 3.08 bits per heavy atom. The van der Waals surface area contributed by atoms with E-state index in [9.17, 15) is 4.79 Å². The molecule has 0 saturated carbocycles.